The number of aromatic nitrogens is 1. The maximum Gasteiger partial charge on any atom is 0.305 e. The van der Waals surface area contributed by atoms with E-state index < -0.39 is 5.97 Å². The Kier molecular flexibility index (Phi) is 8.53. The number of para-hydroxylation sites is 1. The smallest absolute Gasteiger partial charge is 0.305 e. The van der Waals surface area contributed by atoms with Crippen LogP contribution in [0.15, 0.2) is 89.0 Å². The van der Waals surface area contributed by atoms with Gasteiger partial charge < -0.3 is 27.0 Å². The monoisotopic (exact) mass is 522 g/mol. The first-order valence-corrected chi connectivity index (χ1v) is 11.6. The van der Waals surface area contributed by atoms with Gasteiger partial charge in [-0.2, -0.15) is 4.57 Å². The molecule has 1 N–H and O–H groups in total. The fraction of sp³-hybridized carbons (Fsp3) is 0.185. The molecule has 1 aromatic heterocycles. The number of thioether (sulfide) groups is 1. The van der Waals surface area contributed by atoms with Crippen molar-refractivity contribution < 1.29 is 31.4 Å². The van der Waals surface area contributed by atoms with Crippen LogP contribution in [0, 0.1) is 6.92 Å². The topological polar surface area (TPSA) is 44.4 Å². The predicted octanol–water partition coefficient (Wildman–Crippen LogP) is 2.96. The number of pyridine rings is 1. The van der Waals surface area contributed by atoms with E-state index in [4.69, 9.17) is 5.11 Å². The van der Waals surface area contributed by atoms with Crippen LogP contribution in [-0.4, -0.2) is 17.6 Å². The van der Waals surface area contributed by atoms with Gasteiger partial charge in [0.2, 0.25) is 5.52 Å². The number of fused-ring (bicyclic) bond motifs is 2. The van der Waals surface area contributed by atoms with E-state index in [9.17, 15) is 4.79 Å². The van der Waals surface area contributed by atoms with Crippen LogP contribution in [-0.2, 0) is 11.3 Å². The predicted molar refractivity (Wildman–Crippen MR) is 133 cm³/mol. The number of allylic oxidation sites excluding steroid dienone is 4. The minimum absolute atomic E-state index is 0. The summed E-state index contributed by atoms with van der Waals surface area (Å²) in [6.45, 7) is 5.62. The van der Waals surface area contributed by atoms with E-state index in [2.05, 4.69) is 90.2 Å². The molecule has 0 radical (unpaired) electrons. The van der Waals surface area contributed by atoms with Crippen molar-refractivity contribution in [2.75, 3.05) is 11.4 Å². The molecule has 1 aliphatic rings. The third kappa shape index (κ3) is 5.75. The summed E-state index contributed by atoms with van der Waals surface area (Å²) in [5.41, 5.74) is 4.70. The van der Waals surface area contributed by atoms with Gasteiger partial charge in [-0.15, -0.1) is 0 Å². The molecule has 1 aliphatic heterocycles. The van der Waals surface area contributed by atoms with Gasteiger partial charge in [-0.3, -0.25) is 4.79 Å². The third-order valence-electron chi connectivity index (χ3n) is 5.47. The Morgan fingerprint density at radius 1 is 1.12 bits per heavy atom. The molecule has 0 fully saturated rings. The van der Waals surface area contributed by atoms with E-state index in [1.165, 1.54) is 26.9 Å². The molecule has 2 aromatic carbocycles. The summed E-state index contributed by atoms with van der Waals surface area (Å²) in [5.74, 6) is -0.784. The zero-order valence-electron chi connectivity index (χ0n) is 18.7. The van der Waals surface area contributed by atoms with Gasteiger partial charge in [0, 0.05) is 23.6 Å². The van der Waals surface area contributed by atoms with Crippen LogP contribution in [0.2, 0.25) is 0 Å². The molecule has 33 heavy (non-hydrogen) atoms. The highest BCUT2D eigenvalue weighted by molar-refractivity contribution is 8.03. The van der Waals surface area contributed by atoms with Crippen molar-refractivity contribution >= 4 is 40.4 Å². The maximum absolute atomic E-state index is 11.1. The first-order valence-electron chi connectivity index (χ1n) is 10.8. The molecule has 0 amide bonds. The highest BCUT2D eigenvalue weighted by atomic mass is 79.9. The molecule has 2 heterocycles. The van der Waals surface area contributed by atoms with Crippen molar-refractivity contribution in [1.29, 1.82) is 0 Å². The number of carboxylic acid groups (broad SMARTS) is 1. The first kappa shape index (κ1) is 24.8. The van der Waals surface area contributed by atoms with Crippen LogP contribution in [0.3, 0.4) is 0 Å². The molecule has 0 unspecified atom stereocenters. The summed E-state index contributed by atoms with van der Waals surface area (Å²) in [6, 6.07) is 16.9. The highest BCUT2D eigenvalue weighted by Gasteiger charge is 2.25. The van der Waals surface area contributed by atoms with E-state index in [0.29, 0.717) is 6.54 Å². The molecular formula is C27H27BrN2O2S. The fourth-order valence-corrected chi connectivity index (χ4v) is 5.06. The number of nitrogens with zero attached hydrogens (tertiary/aromatic N) is 2. The van der Waals surface area contributed by atoms with Crippen LogP contribution in [0.1, 0.15) is 24.5 Å². The summed E-state index contributed by atoms with van der Waals surface area (Å²) < 4.78 is 2.25. The quantitative estimate of drug-likeness (QED) is 0.382. The summed E-state index contributed by atoms with van der Waals surface area (Å²) in [7, 11) is 0. The number of hydrogen-bond acceptors (Lipinski definition) is 3. The van der Waals surface area contributed by atoms with Crippen LogP contribution >= 0.6 is 11.8 Å². The highest BCUT2D eigenvalue weighted by Crippen LogP contribution is 2.46. The zero-order valence-corrected chi connectivity index (χ0v) is 21.1. The summed E-state index contributed by atoms with van der Waals surface area (Å²) in [6.07, 6.45) is 12.5. The van der Waals surface area contributed by atoms with Crippen molar-refractivity contribution in [3.05, 3.63) is 95.2 Å². The summed E-state index contributed by atoms with van der Waals surface area (Å²) in [5, 5.41) is 11.4. The lowest BCUT2D eigenvalue weighted by molar-refractivity contribution is -0.667. The molecule has 0 spiro atoms. The van der Waals surface area contributed by atoms with E-state index in [-0.39, 0.29) is 23.4 Å². The number of aliphatic carboxylic acids is 1. The van der Waals surface area contributed by atoms with Gasteiger partial charge in [0.15, 0.2) is 6.20 Å². The van der Waals surface area contributed by atoms with Gasteiger partial charge in [-0.25, -0.2) is 0 Å². The Morgan fingerprint density at radius 2 is 1.94 bits per heavy atom. The van der Waals surface area contributed by atoms with Crippen LogP contribution < -0.4 is 26.4 Å². The Bertz CT molecular complexity index is 1250. The minimum Gasteiger partial charge on any atom is -1.00 e. The van der Waals surface area contributed by atoms with E-state index in [1.807, 2.05) is 18.2 Å². The Morgan fingerprint density at radius 3 is 2.73 bits per heavy atom. The number of anilines is 1. The number of carbonyl (C=O) groups is 1. The number of halogens is 1. The molecule has 6 heteroatoms. The molecular weight excluding hydrogens is 496 g/mol. The standard InChI is InChI=1S/C27H26N2O2S.BrH/c1-3-28-17-15-21(22-10-7-8-11-23(22)28)9-5-4-6-12-26-29(18-16-27(30)31)24-14-13-20(2)19-25(24)32-26;/h4-15,17,19H,3,16,18H2,1-2H3;1H. The van der Waals surface area contributed by atoms with E-state index >= 15 is 0 Å². The number of aryl methyl sites for hydroxylation is 2. The maximum atomic E-state index is 11.1. The molecule has 3 aromatic rings. The summed E-state index contributed by atoms with van der Waals surface area (Å²) >= 11 is 1.69. The van der Waals surface area contributed by atoms with Gasteiger partial charge in [0.1, 0.15) is 6.54 Å². The van der Waals surface area contributed by atoms with Crippen LogP contribution in [0.4, 0.5) is 5.69 Å². The number of benzene rings is 2. The second-order valence-electron chi connectivity index (χ2n) is 7.69. The largest absolute Gasteiger partial charge is 1.00 e. The van der Waals surface area contributed by atoms with Crippen molar-refractivity contribution in [3.63, 3.8) is 0 Å². The van der Waals surface area contributed by atoms with Gasteiger partial charge in [-0.1, -0.05) is 54.3 Å². The lowest BCUT2D eigenvalue weighted by Crippen LogP contribution is -3.00. The van der Waals surface area contributed by atoms with Gasteiger partial charge >= 0.3 is 5.97 Å². The van der Waals surface area contributed by atoms with Crippen LogP contribution in [0.5, 0.6) is 0 Å². The molecule has 0 saturated carbocycles. The summed E-state index contributed by atoms with van der Waals surface area (Å²) in [4.78, 5) is 14.4. The van der Waals surface area contributed by atoms with Crippen molar-refractivity contribution in [1.82, 2.24) is 0 Å². The first-order chi connectivity index (χ1) is 15.6. The van der Waals surface area contributed by atoms with Crippen molar-refractivity contribution in [2.45, 2.75) is 31.7 Å². The molecule has 0 atom stereocenters. The minimum atomic E-state index is -0.784. The second-order valence-corrected chi connectivity index (χ2v) is 8.75. The van der Waals surface area contributed by atoms with Gasteiger partial charge in [0.05, 0.1) is 22.5 Å². The number of carboxylic acids is 1. The molecule has 170 valence electrons. The lowest BCUT2D eigenvalue weighted by atomic mass is 10.1. The van der Waals surface area contributed by atoms with Crippen LogP contribution in [0.25, 0.3) is 17.0 Å². The molecule has 0 aliphatic carbocycles. The normalized spacial score (nSPS) is 14.4. The Hall–Kier alpha value is -2.83. The molecule has 0 saturated heterocycles. The van der Waals surface area contributed by atoms with E-state index in [1.54, 1.807) is 11.8 Å². The Labute approximate surface area is 209 Å². The Balaban J connectivity index is 0.00000306. The SMILES string of the molecule is CC[n+]1ccc(/C=C/C=C/C=C2/Sc3cc(C)ccc3N2CCC(=O)O)c2ccccc21.[Br-]. The second kappa shape index (κ2) is 11.3. The average Bonchev–Trinajstić information content (AvgIpc) is 3.13. The molecule has 4 nitrogen and oxygen atoms in total. The van der Waals surface area contributed by atoms with Gasteiger partial charge in [-0.05, 0) is 49.2 Å². The molecule has 0 bridgehead atoms. The van der Waals surface area contributed by atoms with Crippen molar-refractivity contribution in [2.24, 2.45) is 0 Å². The van der Waals surface area contributed by atoms with Gasteiger partial charge in [0.25, 0.3) is 0 Å². The van der Waals surface area contributed by atoms with Crippen molar-refractivity contribution in [3.8, 4) is 0 Å². The third-order valence-corrected chi connectivity index (χ3v) is 6.58. The number of hydrogen-bond donors (Lipinski definition) is 1. The van der Waals surface area contributed by atoms with E-state index in [0.717, 1.165) is 17.3 Å². The lowest BCUT2D eigenvalue weighted by Gasteiger charge is -2.19. The zero-order chi connectivity index (χ0) is 22.5. The number of rotatable bonds is 7. The fourth-order valence-electron chi connectivity index (χ4n) is 3.87. The average molecular weight is 523 g/mol. The molecule has 4 rings (SSSR count).